The van der Waals surface area contributed by atoms with Gasteiger partial charge in [-0.25, -0.2) is 0 Å². The summed E-state index contributed by atoms with van der Waals surface area (Å²) in [6, 6.07) is 15.8. The highest BCUT2D eigenvalue weighted by Gasteiger charge is 2.36. The number of ether oxygens (including phenoxy) is 1. The summed E-state index contributed by atoms with van der Waals surface area (Å²) in [5.74, 6) is -0.698. The Bertz CT molecular complexity index is 914. The molecule has 1 aliphatic heterocycles. The number of carbonyl (C=O) groups excluding carboxylic acids is 3. The fourth-order valence-corrected chi connectivity index (χ4v) is 3.40. The fourth-order valence-electron chi connectivity index (χ4n) is 3.40. The number of nitrogens with one attached hydrogen (secondary N) is 2. The lowest BCUT2D eigenvalue weighted by Crippen LogP contribution is -2.57. The molecular weight excluding hydrogens is 394 g/mol. The van der Waals surface area contributed by atoms with Crippen molar-refractivity contribution in [3.8, 4) is 0 Å². The maximum Gasteiger partial charge on any atom is 0.308 e. The number of anilines is 2. The van der Waals surface area contributed by atoms with Crippen molar-refractivity contribution in [2.45, 2.75) is 32.7 Å². The molecule has 164 valence electrons. The summed E-state index contributed by atoms with van der Waals surface area (Å²) in [7, 11) is 0. The molecule has 0 radical (unpaired) electrons. The maximum absolute atomic E-state index is 13.4. The Morgan fingerprint density at radius 3 is 2.58 bits per heavy atom. The van der Waals surface area contributed by atoms with E-state index >= 15 is 0 Å². The van der Waals surface area contributed by atoms with Crippen molar-refractivity contribution in [3.63, 3.8) is 0 Å². The molecule has 0 aliphatic carbocycles. The average Bonchev–Trinajstić information content (AvgIpc) is 2.75. The summed E-state index contributed by atoms with van der Waals surface area (Å²) in [5.41, 5.74) is 1.94. The predicted molar refractivity (Wildman–Crippen MR) is 119 cm³/mol. The highest BCUT2D eigenvalue weighted by Crippen LogP contribution is 2.24. The van der Waals surface area contributed by atoms with Crippen LogP contribution < -0.4 is 10.6 Å². The topological polar surface area (TPSA) is 87.7 Å². The van der Waals surface area contributed by atoms with Crippen molar-refractivity contribution < 1.29 is 19.1 Å². The molecule has 2 aromatic rings. The number of carbonyl (C=O) groups is 3. The van der Waals surface area contributed by atoms with Gasteiger partial charge in [0.05, 0.1) is 24.3 Å². The third kappa shape index (κ3) is 6.07. The van der Waals surface area contributed by atoms with E-state index in [1.807, 2.05) is 56.3 Å². The van der Waals surface area contributed by atoms with Gasteiger partial charge in [0.25, 0.3) is 5.91 Å². The summed E-state index contributed by atoms with van der Waals surface area (Å²) in [6.45, 7) is 5.07. The van der Waals surface area contributed by atoms with Crippen LogP contribution in [0.5, 0.6) is 0 Å². The molecule has 1 unspecified atom stereocenters. The molecule has 7 nitrogen and oxygen atoms in total. The van der Waals surface area contributed by atoms with Gasteiger partial charge < -0.3 is 20.3 Å². The van der Waals surface area contributed by atoms with Crippen LogP contribution in [-0.2, 0) is 14.3 Å². The molecule has 1 fully saturated rings. The van der Waals surface area contributed by atoms with Crippen LogP contribution in [0.1, 0.15) is 37.0 Å². The van der Waals surface area contributed by atoms with E-state index in [9.17, 15) is 14.4 Å². The Morgan fingerprint density at radius 1 is 1.13 bits per heavy atom. The van der Waals surface area contributed by atoms with E-state index in [0.29, 0.717) is 36.9 Å². The molecule has 0 saturated carbocycles. The summed E-state index contributed by atoms with van der Waals surface area (Å²) in [4.78, 5) is 39.7. The molecule has 3 rings (SSSR count). The highest BCUT2D eigenvalue weighted by molar-refractivity contribution is 6.03. The molecule has 2 amide bonds. The van der Waals surface area contributed by atoms with Gasteiger partial charge in [0.1, 0.15) is 6.04 Å². The number of piperazine rings is 1. The minimum absolute atomic E-state index is 0.163. The zero-order valence-corrected chi connectivity index (χ0v) is 18.0. The van der Waals surface area contributed by atoms with E-state index in [2.05, 4.69) is 10.6 Å². The molecule has 0 aromatic heterocycles. The molecule has 1 saturated heterocycles. The Kier molecular flexibility index (Phi) is 7.65. The quantitative estimate of drug-likeness (QED) is 0.636. The van der Waals surface area contributed by atoms with Gasteiger partial charge in [0, 0.05) is 18.8 Å². The summed E-state index contributed by atoms with van der Waals surface area (Å²) >= 11 is 0. The Balaban J connectivity index is 1.76. The van der Waals surface area contributed by atoms with Gasteiger partial charge >= 0.3 is 5.97 Å². The minimum Gasteiger partial charge on any atom is -0.466 e. The fraction of sp³-hybridized carbons (Fsp3) is 0.375. The molecule has 1 aliphatic rings. The maximum atomic E-state index is 13.4. The number of hydrogen-bond donors (Lipinski definition) is 2. The van der Waals surface area contributed by atoms with E-state index in [1.54, 1.807) is 12.1 Å². The van der Waals surface area contributed by atoms with Gasteiger partial charge in [-0.1, -0.05) is 44.2 Å². The third-order valence-corrected chi connectivity index (χ3v) is 5.12. The van der Waals surface area contributed by atoms with Crippen LogP contribution in [0.3, 0.4) is 0 Å². The lowest BCUT2D eigenvalue weighted by molar-refractivity contribution is -0.148. The Hall–Kier alpha value is -3.35. The first-order valence-electron chi connectivity index (χ1n) is 10.6. The van der Waals surface area contributed by atoms with Gasteiger partial charge in [-0.2, -0.15) is 0 Å². The molecular formula is C24H29N3O4. The lowest BCUT2D eigenvalue weighted by atomic mass is 10.0. The van der Waals surface area contributed by atoms with E-state index in [-0.39, 0.29) is 18.2 Å². The zero-order valence-electron chi connectivity index (χ0n) is 18.0. The van der Waals surface area contributed by atoms with Crippen LogP contribution in [0, 0.1) is 5.92 Å². The SMILES string of the molecule is CC(C)CCOC(=O)CC1C(=O)NCCN1C(=O)c1ccccc1Nc1ccccc1. The third-order valence-electron chi connectivity index (χ3n) is 5.12. The Morgan fingerprint density at radius 2 is 1.84 bits per heavy atom. The molecule has 1 heterocycles. The van der Waals surface area contributed by atoms with Crippen molar-refractivity contribution in [2.24, 2.45) is 5.92 Å². The van der Waals surface area contributed by atoms with Crippen molar-refractivity contribution in [1.82, 2.24) is 10.2 Å². The van der Waals surface area contributed by atoms with E-state index in [4.69, 9.17) is 4.74 Å². The largest absolute Gasteiger partial charge is 0.466 e. The molecule has 31 heavy (non-hydrogen) atoms. The molecule has 0 spiro atoms. The van der Waals surface area contributed by atoms with Crippen molar-refractivity contribution in [2.75, 3.05) is 25.0 Å². The second-order valence-corrected chi connectivity index (χ2v) is 7.95. The van der Waals surface area contributed by atoms with Gasteiger partial charge in [0.2, 0.25) is 5.91 Å². The smallest absolute Gasteiger partial charge is 0.308 e. The first kappa shape index (κ1) is 22.3. The average molecular weight is 424 g/mol. The van der Waals surface area contributed by atoms with Crippen LogP contribution >= 0.6 is 0 Å². The molecule has 2 N–H and O–H groups in total. The number of esters is 1. The molecule has 7 heteroatoms. The van der Waals surface area contributed by atoms with Crippen LogP contribution in [-0.4, -0.2) is 48.4 Å². The number of nitrogens with zero attached hydrogens (tertiary/aromatic N) is 1. The minimum atomic E-state index is -0.891. The van der Waals surface area contributed by atoms with E-state index < -0.39 is 12.0 Å². The van der Waals surface area contributed by atoms with Crippen LogP contribution in [0.15, 0.2) is 54.6 Å². The first-order valence-corrected chi connectivity index (χ1v) is 10.6. The lowest BCUT2D eigenvalue weighted by Gasteiger charge is -2.35. The normalized spacial score (nSPS) is 16.0. The Labute approximate surface area is 182 Å². The molecule has 1 atom stereocenters. The number of rotatable bonds is 8. The van der Waals surface area contributed by atoms with Crippen molar-refractivity contribution in [1.29, 1.82) is 0 Å². The monoisotopic (exact) mass is 423 g/mol. The summed E-state index contributed by atoms with van der Waals surface area (Å²) in [5, 5.41) is 6.00. The molecule has 2 aromatic carbocycles. The second kappa shape index (κ2) is 10.6. The summed E-state index contributed by atoms with van der Waals surface area (Å²) < 4.78 is 5.27. The second-order valence-electron chi connectivity index (χ2n) is 7.95. The van der Waals surface area contributed by atoms with Crippen LogP contribution in [0.25, 0.3) is 0 Å². The molecule has 0 bridgehead atoms. The van der Waals surface area contributed by atoms with E-state index in [0.717, 1.165) is 12.1 Å². The van der Waals surface area contributed by atoms with Gasteiger partial charge in [-0.15, -0.1) is 0 Å². The highest BCUT2D eigenvalue weighted by atomic mass is 16.5. The van der Waals surface area contributed by atoms with Crippen LogP contribution in [0.2, 0.25) is 0 Å². The summed E-state index contributed by atoms with van der Waals surface area (Å²) in [6.07, 6.45) is 0.591. The zero-order chi connectivity index (χ0) is 22.2. The number of para-hydroxylation sites is 2. The van der Waals surface area contributed by atoms with Gasteiger partial charge in [0.15, 0.2) is 0 Å². The standard InChI is InChI=1S/C24H29N3O4/c1-17(2)12-15-31-22(28)16-21-23(29)25-13-14-27(21)24(30)19-10-6-7-11-20(19)26-18-8-4-3-5-9-18/h3-11,17,21,26H,12-16H2,1-2H3,(H,25,29). The number of amides is 2. The first-order chi connectivity index (χ1) is 15.0. The van der Waals surface area contributed by atoms with Crippen LogP contribution in [0.4, 0.5) is 11.4 Å². The van der Waals surface area contributed by atoms with Crippen molar-refractivity contribution >= 4 is 29.2 Å². The van der Waals surface area contributed by atoms with Gasteiger partial charge in [-0.05, 0) is 36.6 Å². The van der Waals surface area contributed by atoms with E-state index in [1.165, 1.54) is 4.90 Å². The number of benzene rings is 2. The van der Waals surface area contributed by atoms with Gasteiger partial charge in [-0.3, -0.25) is 14.4 Å². The number of hydrogen-bond acceptors (Lipinski definition) is 5. The predicted octanol–water partition coefficient (Wildman–Crippen LogP) is 3.35. The van der Waals surface area contributed by atoms with Crippen molar-refractivity contribution in [3.05, 3.63) is 60.2 Å².